The maximum absolute atomic E-state index is 12.5. The summed E-state index contributed by atoms with van der Waals surface area (Å²) in [6, 6.07) is 5.89. The zero-order valence-corrected chi connectivity index (χ0v) is 14.4. The van der Waals surface area contributed by atoms with Gasteiger partial charge < -0.3 is 0 Å². The quantitative estimate of drug-likeness (QED) is 0.466. The van der Waals surface area contributed by atoms with Gasteiger partial charge in [0.1, 0.15) is 6.21 Å². The minimum absolute atomic E-state index is 0.0394. The van der Waals surface area contributed by atoms with Crippen LogP contribution in [0.15, 0.2) is 40.2 Å². The lowest BCUT2D eigenvalue weighted by Gasteiger charge is -2.26. The number of amides is 3. The minimum Gasteiger partial charge on any atom is -0.258 e. The topological polar surface area (TPSA) is 95.9 Å². The summed E-state index contributed by atoms with van der Waals surface area (Å²) >= 11 is 1.45. The van der Waals surface area contributed by atoms with Crippen molar-refractivity contribution >= 4 is 41.4 Å². The standard InChI is InChI=1S/C16H15N4O4S/c1-18-14-13(15(21)19(2)16(18)22)12(7-8-17-14)25-9-10-3-5-11(6-4-10)20(23)24/h3-8,13H,9H2,1-2H3/q+1. The first-order valence-corrected chi connectivity index (χ1v) is 8.41. The molecule has 0 bridgehead atoms. The molecule has 2 heterocycles. The van der Waals surface area contributed by atoms with Gasteiger partial charge in [0.05, 0.1) is 19.0 Å². The first kappa shape index (κ1) is 17.0. The molecular formula is C16H15N4O4S+. The van der Waals surface area contributed by atoms with Crippen molar-refractivity contribution in [3.8, 4) is 0 Å². The van der Waals surface area contributed by atoms with E-state index in [4.69, 9.17) is 0 Å². The van der Waals surface area contributed by atoms with Crippen LogP contribution in [0.5, 0.6) is 0 Å². The second-order valence-electron chi connectivity index (χ2n) is 5.59. The van der Waals surface area contributed by atoms with Crippen molar-refractivity contribution in [2.45, 2.75) is 5.75 Å². The molecule has 0 fully saturated rings. The molecule has 0 aliphatic carbocycles. The molecule has 128 valence electrons. The number of nitro groups is 1. The number of benzene rings is 1. The number of aliphatic imine (C=N–C) groups is 1. The molecular weight excluding hydrogens is 344 g/mol. The van der Waals surface area contributed by atoms with Crippen LogP contribution in [-0.2, 0) is 10.5 Å². The normalized spacial score (nSPS) is 19.8. The highest BCUT2D eigenvalue weighted by Gasteiger charge is 2.46. The number of nitrogens with zero attached hydrogens (tertiary/aromatic N) is 4. The molecule has 9 heteroatoms. The number of fused-ring (bicyclic) bond motifs is 1. The molecule has 3 rings (SSSR count). The number of hydrogen-bond donors (Lipinski definition) is 0. The average Bonchev–Trinajstić information content (AvgIpc) is 2.62. The van der Waals surface area contributed by atoms with Crippen molar-refractivity contribution < 1.29 is 19.1 Å². The molecule has 0 aromatic heterocycles. The summed E-state index contributed by atoms with van der Waals surface area (Å²) < 4.78 is 1.38. The highest BCUT2D eigenvalue weighted by atomic mass is 32.2. The molecule has 0 saturated carbocycles. The van der Waals surface area contributed by atoms with Gasteiger partial charge in [0.25, 0.3) is 11.5 Å². The van der Waals surface area contributed by atoms with Crippen LogP contribution in [0.2, 0.25) is 0 Å². The Bertz CT molecular complexity index is 857. The van der Waals surface area contributed by atoms with E-state index in [2.05, 4.69) is 4.99 Å². The number of carbonyl (C=O) groups is 2. The van der Waals surface area contributed by atoms with E-state index >= 15 is 0 Å². The molecule has 2 aliphatic heterocycles. The summed E-state index contributed by atoms with van der Waals surface area (Å²) in [7, 11) is 3.05. The smallest absolute Gasteiger partial charge is 0.258 e. The lowest BCUT2D eigenvalue weighted by Crippen LogP contribution is -2.52. The Hall–Kier alpha value is -2.81. The van der Waals surface area contributed by atoms with Crippen LogP contribution >= 0.6 is 11.8 Å². The molecule has 0 N–H and O–H groups in total. The first-order chi connectivity index (χ1) is 11.9. The van der Waals surface area contributed by atoms with Gasteiger partial charge in [-0.2, -0.15) is 9.48 Å². The molecule has 2 aliphatic rings. The molecule has 8 nitrogen and oxygen atoms in total. The third-order valence-corrected chi connectivity index (χ3v) is 5.22. The highest BCUT2D eigenvalue weighted by molar-refractivity contribution is 8.02. The van der Waals surface area contributed by atoms with E-state index in [0.717, 1.165) is 15.4 Å². The predicted molar refractivity (Wildman–Crippen MR) is 93.8 cm³/mol. The van der Waals surface area contributed by atoms with Crippen LogP contribution in [-0.4, -0.2) is 52.5 Å². The van der Waals surface area contributed by atoms with Crippen LogP contribution in [0, 0.1) is 16.0 Å². The second-order valence-corrected chi connectivity index (χ2v) is 6.64. The Morgan fingerprint density at radius 2 is 2.00 bits per heavy atom. The van der Waals surface area contributed by atoms with Gasteiger partial charge in [0.15, 0.2) is 5.92 Å². The predicted octanol–water partition coefficient (Wildman–Crippen LogP) is 2.05. The van der Waals surface area contributed by atoms with Gasteiger partial charge in [-0.15, -0.1) is 16.8 Å². The minimum atomic E-state index is -0.597. The van der Waals surface area contributed by atoms with Crippen LogP contribution in [0.4, 0.5) is 10.5 Å². The molecule has 1 aromatic carbocycles. The lowest BCUT2D eigenvalue weighted by molar-refractivity contribution is -0.407. The third kappa shape index (κ3) is 3.10. The number of rotatable bonds is 4. The van der Waals surface area contributed by atoms with Gasteiger partial charge >= 0.3 is 11.9 Å². The van der Waals surface area contributed by atoms with Crippen molar-refractivity contribution in [2.75, 3.05) is 14.1 Å². The zero-order chi connectivity index (χ0) is 18.1. The summed E-state index contributed by atoms with van der Waals surface area (Å²) in [6.45, 7) is 0. The Morgan fingerprint density at radius 1 is 1.32 bits per heavy atom. The van der Waals surface area contributed by atoms with Gasteiger partial charge in [-0.05, 0) is 11.6 Å². The van der Waals surface area contributed by atoms with Crippen LogP contribution in [0.3, 0.4) is 0 Å². The maximum Gasteiger partial charge on any atom is 0.445 e. The molecule has 1 atom stereocenters. The van der Waals surface area contributed by atoms with Crippen LogP contribution < -0.4 is 0 Å². The zero-order valence-electron chi connectivity index (χ0n) is 13.6. The van der Waals surface area contributed by atoms with Crippen LogP contribution in [0.25, 0.3) is 0 Å². The van der Waals surface area contributed by atoms with Gasteiger partial charge in [0.2, 0.25) is 0 Å². The first-order valence-electron chi connectivity index (χ1n) is 7.42. The fourth-order valence-corrected chi connectivity index (χ4v) is 3.68. The number of imide groups is 1. The maximum atomic E-state index is 12.5. The Labute approximate surface area is 147 Å². The summed E-state index contributed by atoms with van der Waals surface area (Å²) in [5.74, 6) is 0.0655. The van der Waals surface area contributed by atoms with Crippen molar-refractivity contribution in [3.05, 3.63) is 50.9 Å². The van der Waals surface area contributed by atoms with E-state index in [1.807, 2.05) is 0 Å². The number of thioether (sulfide) groups is 1. The van der Waals surface area contributed by atoms with E-state index in [-0.39, 0.29) is 11.6 Å². The SMILES string of the molecule is CN1C(=O)C2C(SCc3ccc([N+](=O)[O-])cc3)=CC=NC2=[N+](C)C1=O. The third-order valence-electron chi connectivity index (χ3n) is 4.04. The number of amidine groups is 1. The number of carbonyl (C=O) groups excluding carboxylic acids is 2. The Kier molecular flexibility index (Phi) is 4.49. The Morgan fingerprint density at radius 3 is 2.64 bits per heavy atom. The second kappa shape index (κ2) is 6.60. The molecule has 0 saturated heterocycles. The molecule has 0 spiro atoms. The van der Waals surface area contributed by atoms with Gasteiger partial charge in [-0.3, -0.25) is 14.9 Å². The number of allylic oxidation sites excluding steroid dienone is 1. The van der Waals surface area contributed by atoms with Crippen molar-refractivity contribution in [3.63, 3.8) is 0 Å². The molecule has 1 aromatic rings. The van der Waals surface area contributed by atoms with Gasteiger partial charge in [-0.1, -0.05) is 12.1 Å². The van der Waals surface area contributed by atoms with E-state index < -0.39 is 16.9 Å². The number of hydrogen-bond acceptors (Lipinski definition) is 6. The summed E-state index contributed by atoms with van der Waals surface area (Å²) in [5.41, 5.74) is 0.944. The summed E-state index contributed by atoms with van der Waals surface area (Å²) in [6.07, 6.45) is 3.34. The molecule has 25 heavy (non-hydrogen) atoms. The number of dihydropyridines is 1. The monoisotopic (exact) mass is 359 g/mol. The fourth-order valence-electron chi connectivity index (χ4n) is 2.62. The highest BCUT2D eigenvalue weighted by Crippen LogP contribution is 2.33. The Balaban J connectivity index is 1.80. The van der Waals surface area contributed by atoms with E-state index in [1.165, 1.54) is 35.5 Å². The van der Waals surface area contributed by atoms with Gasteiger partial charge in [-0.25, -0.2) is 4.79 Å². The molecule has 3 amide bonds. The van der Waals surface area contributed by atoms with E-state index in [9.17, 15) is 19.7 Å². The van der Waals surface area contributed by atoms with E-state index in [1.54, 1.807) is 31.5 Å². The summed E-state index contributed by atoms with van der Waals surface area (Å²) in [5, 5.41) is 10.7. The number of urea groups is 1. The largest absolute Gasteiger partial charge is 0.445 e. The van der Waals surface area contributed by atoms with Crippen molar-refractivity contribution in [2.24, 2.45) is 10.9 Å². The number of non-ortho nitro benzene ring substituents is 1. The lowest BCUT2D eigenvalue weighted by atomic mass is 10.0. The molecule has 0 radical (unpaired) electrons. The van der Waals surface area contributed by atoms with E-state index in [0.29, 0.717) is 11.6 Å². The van der Waals surface area contributed by atoms with Gasteiger partial charge in [0, 0.05) is 22.8 Å². The van der Waals surface area contributed by atoms with Crippen molar-refractivity contribution in [1.82, 2.24) is 4.90 Å². The molecule has 1 unspecified atom stereocenters. The van der Waals surface area contributed by atoms with Crippen LogP contribution in [0.1, 0.15) is 5.56 Å². The summed E-state index contributed by atoms with van der Waals surface area (Å²) in [4.78, 5) is 40.9. The average molecular weight is 359 g/mol. The van der Waals surface area contributed by atoms with Crippen molar-refractivity contribution in [1.29, 1.82) is 0 Å². The number of nitro benzene ring substituents is 1. The fraction of sp³-hybridized carbons (Fsp3) is 0.250.